The number of amides is 5. The van der Waals surface area contributed by atoms with Gasteiger partial charge < -0.3 is 25.8 Å². The first-order chi connectivity index (χ1) is 19.4. The van der Waals surface area contributed by atoms with Crippen molar-refractivity contribution in [1.82, 2.24) is 20.4 Å². The third kappa shape index (κ3) is 6.29. The molecule has 2 aliphatic rings. The summed E-state index contributed by atoms with van der Waals surface area (Å²) in [7, 11) is 0. The summed E-state index contributed by atoms with van der Waals surface area (Å²) in [6.07, 6.45) is 0.658. The zero-order valence-corrected chi connectivity index (χ0v) is 25.2. The average molecular weight is 617 g/mol. The van der Waals surface area contributed by atoms with E-state index in [1.807, 2.05) is 51.1 Å². The molecule has 2 aromatic carbocycles. The van der Waals surface area contributed by atoms with Gasteiger partial charge in [0.1, 0.15) is 6.04 Å². The molecule has 216 valence electrons. The normalized spacial score (nSPS) is 18.9. The lowest BCUT2D eigenvalue weighted by Gasteiger charge is -2.39. The van der Waals surface area contributed by atoms with Gasteiger partial charge in [-0.1, -0.05) is 62.2 Å². The number of hydrogen-bond donors (Lipinski definition) is 3. The number of halogens is 2. The van der Waals surface area contributed by atoms with E-state index in [4.69, 9.17) is 23.2 Å². The Labute approximate surface area is 252 Å². The van der Waals surface area contributed by atoms with E-state index in [0.29, 0.717) is 35.1 Å². The number of nitrogens with zero attached hydrogens (tertiary/aromatic N) is 2. The number of thiophene rings is 1. The van der Waals surface area contributed by atoms with E-state index in [1.165, 1.54) is 17.4 Å². The maximum Gasteiger partial charge on any atom is 0.319 e. The van der Waals surface area contributed by atoms with Crippen LogP contribution in [-0.2, 0) is 9.59 Å². The smallest absolute Gasteiger partial charge is 0.319 e. The Kier molecular flexibility index (Phi) is 8.18. The summed E-state index contributed by atoms with van der Waals surface area (Å²) in [5, 5.41) is 9.88. The van der Waals surface area contributed by atoms with Crippen LogP contribution in [0.15, 0.2) is 48.5 Å². The predicted octanol–water partition coefficient (Wildman–Crippen LogP) is 4.99. The number of fused-ring (bicyclic) bond motifs is 3. The lowest BCUT2D eigenvalue weighted by molar-refractivity contribution is -0.142. The summed E-state index contributed by atoms with van der Waals surface area (Å²) >= 11 is 13.4. The quantitative estimate of drug-likeness (QED) is 0.363. The highest BCUT2D eigenvalue weighted by Gasteiger charge is 2.49. The second-order valence-electron chi connectivity index (χ2n) is 11.4. The SMILES string of the molecule is CC(C)(C)[C@H](NC(=O)c1cc2ccccc2s1)C(=O)N1C[C@@H]2C[C@H]1CN2C(=O)CNC(=O)Nc1ccc(Cl)cc1Cl. The summed E-state index contributed by atoms with van der Waals surface area (Å²) in [4.78, 5) is 56.3. The fraction of sp³-hybridized carbons (Fsp3) is 0.379. The Balaban J connectivity index is 1.17. The third-order valence-corrected chi connectivity index (χ3v) is 9.12. The molecule has 2 fully saturated rings. The first-order valence-electron chi connectivity index (χ1n) is 13.3. The molecule has 12 heteroatoms. The third-order valence-electron chi connectivity index (χ3n) is 7.46. The minimum absolute atomic E-state index is 0.147. The van der Waals surface area contributed by atoms with Gasteiger partial charge in [-0.25, -0.2) is 4.79 Å². The topological polar surface area (TPSA) is 111 Å². The highest BCUT2D eigenvalue weighted by atomic mass is 35.5. The van der Waals surface area contributed by atoms with Crippen molar-refractivity contribution >= 4 is 74.1 Å². The van der Waals surface area contributed by atoms with Gasteiger partial charge in [-0.15, -0.1) is 11.3 Å². The highest BCUT2D eigenvalue weighted by Crippen LogP contribution is 2.34. The molecule has 3 atom stereocenters. The summed E-state index contributed by atoms with van der Waals surface area (Å²) < 4.78 is 1.01. The number of likely N-dealkylation sites (tertiary alicyclic amines) is 2. The molecule has 5 amide bonds. The van der Waals surface area contributed by atoms with Crippen LogP contribution < -0.4 is 16.0 Å². The van der Waals surface area contributed by atoms with Crippen LogP contribution in [0.1, 0.15) is 36.9 Å². The van der Waals surface area contributed by atoms with Crippen LogP contribution in [0.4, 0.5) is 10.5 Å². The zero-order chi connectivity index (χ0) is 29.5. The molecule has 1 aromatic heterocycles. The number of urea groups is 1. The van der Waals surface area contributed by atoms with E-state index >= 15 is 0 Å². The summed E-state index contributed by atoms with van der Waals surface area (Å²) in [5.74, 6) is -0.652. The van der Waals surface area contributed by atoms with Crippen molar-refractivity contribution in [3.8, 4) is 0 Å². The molecule has 9 nitrogen and oxygen atoms in total. The molecule has 0 saturated carbocycles. The lowest BCUT2D eigenvalue weighted by Crippen LogP contribution is -2.59. The monoisotopic (exact) mass is 615 g/mol. The number of benzene rings is 2. The van der Waals surface area contributed by atoms with E-state index in [1.54, 1.807) is 21.9 Å². The van der Waals surface area contributed by atoms with Gasteiger partial charge in [-0.2, -0.15) is 0 Å². The van der Waals surface area contributed by atoms with Gasteiger partial charge in [-0.3, -0.25) is 14.4 Å². The second-order valence-corrected chi connectivity index (χ2v) is 13.4. The van der Waals surface area contributed by atoms with Crippen molar-refractivity contribution in [2.24, 2.45) is 5.41 Å². The maximum absolute atomic E-state index is 13.8. The Morgan fingerprint density at radius 3 is 2.37 bits per heavy atom. The summed E-state index contributed by atoms with van der Waals surface area (Å²) in [6, 6.07) is 12.7. The van der Waals surface area contributed by atoms with E-state index in [9.17, 15) is 19.2 Å². The molecule has 0 aliphatic carbocycles. The van der Waals surface area contributed by atoms with Crippen molar-refractivity contribution in [3.05, 3.63) is 63.5 Å². The molecule has 3 aromatic rings. The number of anilines is 1. The standard InChI is InChI=1S/C29H31Cl2N5O4S/c1-29(2,3)25(34-26(38)23-10-16-6-4-5-7-22(16)41-23)27(39)36-15-18-12-19(36)14-35(18)24(37)13-32-28(40)33-21-9-8-17(30)11-20(21)31/h4-11,18-19,25H,12-15H2,1-3H3,(H,34,38)(H2,32,33,40)/t18-,19-,25+/m0/s1. The number of rotatable bonds is 6. The van der Waals surface area contributed by atoms with Crippen LogP contribution in [0.3, 0.4) is 0 Å². The fourth-order valence-corrected chi connectivity index (χ4v) is 6.79. The van der Waals surface area contributed by atoms with Crippen LogP contribution >= 0.6 is 34.5 Å². The van der Waals surface area contributed by atoms with Gasteiger partial charge in [0.15, 0.2) is 0 Å². The molecule has 2 aliphatic heterocycles. The number of carbonyl (C=O) groups is 4. The molecular formula is C29H31Cl2N5O4S. The molecule has 5 rings (SSSR count). The summed E-state index contributed by atoms with van der Waals surface area (Å²) in [6.45, 7) is 6.36. The molecule has 3 heterocycles. The minimum atomic E-state index is -0.728. The van der Waals surface area contributed by atoms with Crippen LogP contribution in [0.5, 0.6) is 0 Å². The zero-order valence-electron chi connectivity index (χ0n) is 22.9. The minimum Gasteiger partial charge on any atom is -0.339 e. The Hall–Kier alpha value is -3.34. The number of hydrogen-bond acceptors (Lipinski definition) is 5. The molecule has 0 radical (unpaired) electrons. The van der Waals surface area contributed by atoms with E-state index < -0.39 is 17.5 Å². The van der Waals surface area contributed by atoms with Gasteiger partial charge in [0.25, 0.3) is 5.91 Å². The van der Waals surface area contributed by atoms with Gasteiger partial charge in [0.05, 0.1) is 34.2 Å². The first-order valence-corrected chi connectivity index (χ1v) is 14.9. The molecule has 0 unspecified atom stereocenters. The molecule has 0 spiro atoms. The van der Waals surface area contributed by atoms with Crippen LogP contribution in [-0.4, -0.2) is 71.3 Å². The van der Waals surface area contributed by atoms with Crippen LogP contribution in [0.2, 0.25) is 10.0 Å². The van der Waals surface area contributed by atoms with Gasteiger partial charge in [0, 0.05) is 22.8 Å². The van der Waals surface area contributed by atoms with E-state index in [0.717, 1.165) is 10.1 Å². The number of piperazine rings is 1. The van der Waals surface area contributed by atoms with Crippen molar-refractivity contribution in [2.45, 2.75) is 45.3 Å². The van der Waals surface area contributed by atoms with Crippen molar-refractivity contribution < 1.29 is 19.2 Å². The van der Waals surface area contributed by atoms with Gasteiger partial charge in [-0.05, 0) is 47.6 Å². The summed E-state index contributed by atoms with van der Waals surface area (Å²) in [5.41, 5.74) is -0.145. The predicted molar refractivity (Wildman–Crippen MR) is 162 cm³/mol. The fourth-order valence-electron chi connectivity index (χ4n) is 5.37. The van der Waals surface area contributed by atoms with E-state index in [-0.39, 0.29) is 41.4 Å². The lowest BCUT2D eigenvalue weighted by atomic mass is 9.85. The Morgan fingerprint density at radius 2 is 1.71 bits per heavy atom. The Bertz CT molecular complexity index is 1490. The molecule has 41 heavy (non-hydrogen) atoms. The van der Waals surface area contributed by atoms with Crippen molar-refractivity contribution in [3.63, 3.8) is 0 Å². The van der Waals surface area contributed by atoms with Crippen LogP contribution in [0.25, 0.3) is 10.1 Å². The molecular weight excluding hydrogens is 585 g/mol. The average Bonchev–Trinajstić information content (AvgIpc) is 3.65. The molecule has 2 bridgehead atoms. The van der Waals surface area contributed by atoms with E-state index in [2.05, 4.69) is 16.0 Å². The second kappa shape index (κ2) is 11.5. The first kappa shape index (κ1) is 29.2. The van der Waals surface area contributed by atoms with Gasteiger partial charge in [0.2, 0.25) is 11.8 Å². The van der Waals surface area contributed by atoms with Gasteiger partial charge >= 0.3 is 6.03 Å². The molecule has 3 N–H and O–H groups in total. The largest absolute Gasteiger partial charge is 0.339 e. The highest BCUT2D eigenvalue weighted by molar-refractivity contribution is 7.20. The number of nitrogens with one attached hydrogen (secondary N) is 3. The maximum atomic E-state index is 13.8. The van der Waals surface area contributed by atoms with Crippen LogP contribution in [0, 0.1) is 5.41 Å². The molecule has 2 saturated heterocycles. The Morgan fingerprint density at radius 1 is 1.00 bits per heavy atom. The number of carbonyl (C=O) groups excluding carboxylic acids is 4. The van der Waals surface area contributed by atoms with Crippen molar-refractivity contribution in [1.29, 1.82) is 0 Å². The van der Waals surface area contributed by atoms with Crippen molar-refractivity contribution in [2.75, 3.05) is 25.0 Å².